The van der Waals surface area contributed by atoms with Crippen molar-refractivity contribution in [2.75, 3.05) is 11.9 Å². The van der Waals surface area contributed by atoms with E-state index in [0.29, 0.717) is 12.2 Å². The second-order valence-electron chi connectivity index (χ2n) is 5.61. The van der Waals surface area contributed by atoms with Crippen LogP contribution < -0.4 is 10.6 Å². The van der Waals surface area contributed by atoms with Crippen molar-refractivity contribution in [1.29, 1.82) is 0 Å². The number of nitrogens with zero attached hydrogens (tertiary/aromatic N) is 3. The van der Waals surface area contributed by atoms with E-state index in [1.54, 1.807) is 18.7 Å². The number of hydrogen-bond acceptors (Lipinski definition) is 3. The van der Waals surface area contributed by atoms with Crippen LogP contribution in [0.1, 0.15) is 32.1 Å². The Morgan fingerprint density at radius 2 is 2.26 bits per heavy atom. The molecule has 0 aliphatic heterocycles. The molecule has 0 radical (unpaired) electrons. The first-order valence-electron chi connectivity index (χ1n) is 7.98. The molecular weight excluding hydrogens is 290 g/mol. The molecule has 23 heavy (non-hydrogen) atoms. The number of carbonyl (C=O) groups is 1. The zero-order valence-corrected chi connectivity index (χ0v) is 13.0. The molecule has 1 aliphatic carbocycles. The number of carbonyl (C=O) groups excluding carboxylic acids is 1. The summed E-state index contributed by atoms with van der Waals surface area (Å²) in [6.07, 6.45) is 15.0. The third-order valence-corrected chi connectivity index (χ3v) is 3.89. The van der Waals surface area contributed by atoms with Crippen LogP contribution in [0.3, 0.4) is 0 Å². The van der Waals surface area contributed by atoms with Gasteiger partial charge in [0.05, 0.1) is 11.9 Å². The molecule has 2 aromatic rings. The largest absolute Gasteiger partial charge is 0.338 e. The molecule has 120 valence electrons. The zero-order chi connectivity index (χ0) is 15.9. The van der Waals surface area contributed by atoms with Crippen molar-refractivity contribution >= 4 is 11.7 Å². The second kappa shape index (κ2) is 7.58. The fraction of sp³-hybridized carbons (Fsp3) is 0.353. The smallest absolute Gasteiger partial charge is 0.319 e. The Morgan fingerprint density at radius 3 is 2.96 bits per heavy atom. The van der Waals surface area contributed by atoms with Gasteiger partial charge in [-0.25, -0.2) is 14.8 Å². The second-order valence-corrected chi connectivity index (χ2v) is 5.61. The minimum atomic E-state index is -0.196. The summed E-state index contributed by atoms with van der Waals surface area (Å²) in [5, 5.41) is 5.68. The monoisotopic (exact) mass is 311 g/mol. The average molecular weight is 311 g/mol. The first kappa shape index (κ1) is 15.3. The Labute approximate surface area is 135 Å². The maximum absolute atomic E-state index is 11.9. The molecule has 3 rings (SSSR count). The van der Waals surface area contributed by atoms with Gasteiger partial charge in [-0.1, -0.05) is 11.6 Å². The standard InChI is InChI=1S/C17H21N5O/c23-17(19-9-8-14-4-2-1-3-5-14)21-15-6-7-16(20-12-15)22-11-10-18-13-22/h4,6-7,10-13H,1-3,5,8-9H2,(H2,19,21,23). The lowest BCUT2D eigenvalue weighted by Crippen LogP contribution is -2.29. The predicted octanol–water partition coefficient (Wildman–Crippen LogP) is 3.28. The molecule has 0 saturated carbocycles. The highest BCUT2D eigenvalue weighted by Crippen LogP contribution is 2.19. The Hall–Kier alpha value is -2.63. The fourth-order valence-corrected chi connectivity index (χ4v) is 2.65. The van der Waals surface area contributed by atoms with Gasteiger partial charge in [-0.2, -0.15) is 0 Å². The Kier molecular flexibility index (Phi) is 5.03. The molecule has 6 heteroatoms. The summed E-state index contributed by atoms with van der Waals surface area (Å²) in [7, 11) is 0. The van der Waals surface area contributed by atoms with E-state index < -0.39 is 0 Å². The van der Waals surface area contributed by atoms with Gasteiger partial charge in [-0.05, 0) is 44.2 Å². The Morgan fingerprint density at radius 1 is 1.30 bits per heavy atom. The lowest BCUT2D eigenvalue weighted by Gasteiger charge is -2.13. The lowest BCUT2D eigenvalue weighted by atomic mass is 9.97. The third kappa shape index (κ3) is 4.42. The number of amides is 2. The summed E-state index contributed by atoms with van der Waals surface area (Å²) in [5.74, 6) is 0.762. The molecule has 0 fully saturated rings. The molecule has 1 aliphatic rings. The van der Waals surface area contributed by atoms with Crippen LogP contribution in [0.25, 0.3) is 5.82 Å². The third-order valence-electron chi connectivity index (χ3n) is 3.89. The highest BCUT2D eigenvalue weighted by molar-refractivity contribution is 5.89. The number of allylic oxidation sites excluding steroid dienone is 1. The van der Waals surface area contributed by atoms with Gasteiger partial charge in [-0.3, -0.25) is 4.57 Å². The number of anilines is 1. The summed E-state index contributed by atoms with van der Waals surface area (Å²) >= 11 is 0. The van der Waals surface area contributed by atoms with E-state index in [9.17, 15) is 4.79 Å². The van der Waals surface area contributed by atoms with Crippen LogP contribution in [0, 0.1) is 0 Å². The predicted molar refractivity (Wildman–Crippen MR) is 89.5 cm³/mol. The molecule has 0 bridgehead atoms. The van der Waals surface area contributed by atoms with Crippen LogP contribution in [-0.2, 0) is 0 Å². The van der Waals surface area contributed by atoms with E-state index in [-0.39, 0.29) is 6.03 Å². The van der Waals surface area contributed by atoms with Gasteiger partial charge in [0, 0.05) is 18.9 Å². The molecule has 0 aromatic carbocycles. The van der Waals surface area contributed by atoms with Crippen molar-refractivity contribution < 1.29 is 4.79 Å². The van der Waals surface area contributed by atoms with E-state index >= 15 is 0 Å². The van der Waals surface area contributed by atoms with Gasteiger partial charge in [0.25, 0.3) is 0 Å². The van der Waals surface area contributed by atoms with Crippen molar-refractivity contribution in [2.24, 2.45) is 0 Å². The summed E-state index contributed by atoms with van der Waals surface area (Å²) in [6, 6.07) is 3.47. The molecule has 0 atom stereocenters. The van der Waals surface area contributed by atoms with Crippen molar-refractivity contribution in [3.8, 4) is 5.82 Å². The quantitative estimate of drug-likeness (QED) is 0.832. The molecule has 2 N–H and O–H groups in total. The number of nitrogens with one attached hydrogen (secondary N) is 2. The van der Waals surface area contributed by atoms with Crippen LogP contribution >= 0.6 is 0 Å². The number of imidazole rings is 1. The number of rotatable bonds is 5. The Balaban J connectivity index is 1.45. The molecule has 0 spiro atoms. The topological polar surface area (TPSA) is 71.8 Å². The molecule has 2 heterocycles. The van der Waals surface area contributed by atoms with Crippen molar-refractivity contribution in [1.82, 2.24) is 19.9 Å². The van der Waals surface area contributed by atoms with Crippen LogP contribution in [0.4, 0.5) is 10.5 Å². The first-order chi connectivity index (χ1) is 11.3. The van der Waals surface area contributed by atoms with Gasteiger partial charge in [0.1, 0.15) is 12.1 Å². The van der Waals surface area contributed by atoms with Crippen molar-refractivity contribution in [2.45, 2.75) is 32.1 Å². The molecule has 6 nitrogen and oxygen atoms in total. The SMILES string of the molecule is O=C(NCCC1=CCCCC1)Nc1ccc(-n2ccnc2)nc1. The Bertz CT molecular complexity index is 661. The summed E-state index contributed by atoms with van der Waals surface area (Å²) < 4.78 is 1.81. The maximum Gasteiger partial charge on any atom is 0.319 e. The van der Waals surface area contributed by atoms with E-state index in [2.05, 4.69) is 26.7 Å². The molecule has 2 aromatic heterocycles. The van der Waals surface area contributed by atoms with E-state index in [1.165, 1.54) is 31.3 Å². The lowest BCUT2D eigenvalue weighted by molar-refractivity contribution is 0.252. The number of pyridine rings is 1. The van der Waals surface area contributed by atoms with Crippen LogP contribution in [0.2, 0.25) is 0 Å². The number of hydrogen-bond donors (Lipinski definition) is 2. The van der Waals surface area contributed by atoms with Gasteiger partial charge in [0.15, 0.2) is 0 Å². The van der Waals surface area contributed by atoms with Crippen LogP contribution in [-0.4, -0.2) is 27.1 Å². The maximum atomic E-state index is 11.9. The minimum Gasteiger partial charge on any atom is -0.338 e. The van der Waals surface area contributed by atoms with Crippen LogP contribution in [0.5, 0.6) is 0 Å². The summed E-state index contributed by atoms with van der Waals surface area (Å²) in [5.41, 5.74) is 2.13. The molecule has 0 saturated heterocycles. The zero-order valence-electron chi connectivity index (χ0n) is 13.0. The van der Waals surface area contributed by atoms with E-state index in [4.69, 9.17) is 0 Å². The average Bonchev–Trinajstić information content (AvgIpc) is 3.11. The van der Waals surface area contributed by atoms with Gasteiger partial charge < -0.3 is 10.6 Å². The highest BCUT2D eigenvalue weighted by atomic mass is 16.2. The van der Waals surface area contributed by atoms with Crippen LogP contribution in [0.15, 0.2) is 48.7 Å². The molecule has 2 amide bonds. The normalized spacial score (nSPS) is 14.2. The minimum absolute atomic E-state index is 0.196. The first-order valence-corrected chi connectivity index (χ1v) is 7.98. The van der Waals surface area contributed by atoms with E-state index in [0.717, 1.165) is 12.2 Å². The van der Waals surface area contributed by atoms with Crippen molar-refractivity contribution in [3.05, 3.63) is 48.7 Å². The van der Waals surface area contributed by atoms with Gasteiger partial charge >= 0.3 is 6.03 Å². The van der Waals surface area contributed by atoms with Crippen molar-refractivity contribution in [3.63, 3.8) is 0 Å². The molecular formula is C17H21N5O. The number of aromatic nitrogens is 3. The number of urea groups is 1. The van der Waals surface area contributed by atoms with Gasteiger partial charge in [0.2, 0.25) is 0 Å². The van der Waals surface area contributed by atoms with E-state index in [1.807, 2.05) is 22.9 Å². The summed E-state index contributed by atoms with van der Waals surface area (Å²) in [4.78, 5) is 20.2. The van der Waals surface area contributed by atoms with Gasteiger partial charge in [-0.15, -0.1) is 0 Å². The highest BCUT2D eigenvalue weighted by Gasteiger charge is 2.06. The molecule has 0 unspecified atom stereocenters. The fourth-order valence-electron chi connectivity index (χ4n) is 2.65. The summed E-state index contributed by atoms with van der Waals surface area (Å²) in [6.45, 7) is 0.665.